The van der Waals surface area contributed by atoms with E-state index in [4.69, 9.17) is 5.11 Å². The third-order valence-electron chi connectivity index (χ3n) is 2.41. The first kappa shape index (κ1) is 11.1. The van der Waals surface area contributed by atoms with E-state index in [1.54, 1.807) is 6.07 Å². The van der Waals surface area contributed by atoms with E-state index in [-0.39, 0.29) is 22.4 Å². The summed E-state index contributed by atoms with van der Waals surface area (Å²) in [6, 6.07) is 9.63. The van der Waals surface area contributed by atoms with Gasteiger partial charge in [0, 0.05) is 11.1 Å². The molecular weight excluding hydrogens is 223 g/mol. The summed E-state index contributed by atoms with van der Waals surface area (Å²) in [7, 11) is 0. The summed E-state index contributed by atoms with van der Waals surface area (Å²) in [5, 5.41) is 18.5. The van der Waals surface area contributed by atoms with Gasteiger partial charge in [0.25, 0.3) is 0 Å². The number of aromatic hydroxyl groups is 1. The van der Waals surface area contributed by atoms with Gasteiger partial charge in [0.05, 0.1) is 5.56 Å². The first-order valence-corrected chi connectivity index (χ1v) is 4.91. The van der Waals surface area contributed by atoms with Gasteiger partial charge in [-0.15, -0.1) is 0 Å². The Morgan fingerprint density at radius 2 is 1.76 bits per heavy atom. The van der Waals surface area contributed by atoms with Gasteiger partial charge in [-0.1, -0.05) is 18.2 Å². The molecule has 0 aromatic heterocycles. The second kappa shape index (κ2) is 4.25. The van der Waals surface area contributed by atoms with Crippen molar-refractivity contribution in [2.75, 3.05) is 0 Å². The molecule has 0 atom stereocenters. The zero-order valence-corrected chi connectivity index (χ0v) is 8.72. The molecule has 17 heavy (non-hydrogen) atoms. The Morgan fingerprint density at radius 3 is 2.41 bits per heavy atom. The van der Waals surface area contributed by atoms with Crippen LogP contribution in [-0.2, 0) is 0 Å². The normalized spacial score (nSPS) is 10.2. The number of phenolic OH excluding ortho intramolecular Hbond substituents is 1. The molecule has 0 heterocycles. The quantitative estimate of drug-likeness (QED) is 0.836. The van der Waals surface area contributed by atoms with E-state index in [0.29, 0.717) is 0 Å². The number of phenols is 1. The molecule has 0 aliphatic rings. The van der Waals surface area contributed by atoms with Crippen LogP contribution >= 0.6 is 0 Å². The Balaban J connectivity index is 2.63. The second-order valence-electron chi connectivity index (χ2n) is 3.52. The largest absolute Gasteiger partial charge is 0.507 e. The van der Waals surface area contributed by atoms with E-state index in [9.17, 15) is 14.3 Å². The molecule has 2 aromatic carbocycles. The fraction of sp³-hybridized carbons (Fsp3) is 0. The Hall–Kier alpha value is -2.36. The number of hydrogen-bond donors (Lipinski definition) is 2. The first-order valence-electron chi connectivity index (χ1n) is 4.91. The van der Waals surface area contributed by atoms with Crippen LogP contribution in [0.15, 0.2) is 42.5 Å². The van der Waals surface area contributed by atoms with Gasteiger partial charge in [-0.25, -0.2) is 9.18 Å². The van der Waals surface area contributed by atoms with Crippen molar-refractivity contribution in [2.45, 2.75) is 0 Å². The lowest BCUT2D eigenvalue weighted by Gasteiger charge is -2.07. The van der Waals surface area contributed by atoms with Gasteiger partial charge >= 0.3 is 5.97 Å². The Bertz CT molecular complexity index is 579. The summed E-state index contributed by atoms with van der Waals surface area (Å²) in [5.41, 5.74) is 0.345. The van der Waals surface area contributed by atoms with Crippen LogP contribution in [0.5, 0.6) is 5.75 Å². The van der Waals surface area contributed by atoms with Gasteiger partial charge in [0.15, 0.2) is 0 Å². The SMILES string of the molecule is O=C(O)c1ccc(O)c(-c2ccccc2F)c1. The first-order chi connectivity index (χ1) is 8.09. The zero-order chi connectivity index (χ0) is 12.4. The van der Waals surface area contributed by atoms with Crippen LogP contribution < -0.4 is 0 Å². The van der Waals surface area contributed by atoms with E-state index in [2.05, 4.69) is 0 Å². The number of halogens is 1. The molecule has 0 saturated carbocycles. The molecule has 2 N–H and O–H groups in total. The van der Waals surface area contributed by atoms with Crippen LogP contribution in [0.25, 0.3) is 11.1 Å². The van der Waals surface area contributed by atoms with Crippen molar-refractivity contribution in [1.29, 1.82) is 0 Å². The summed E-state index contributed by atoms with van der Waals surface area (Å²) >= 11 is 0. The topological polar surface area (TPSA) is 57.5 Å². The highest BCUT2D eigenvalue weighted by Gasteiger charge is 2.12. The molecule has 0 saturated heterocycles. The van der Waals surface area contributed by atoms with Crippen molar-refractivity contribution in [2.24, 2.45) is 0 Å². The predicted molar refractivity (Wildman–Crippen MR) is 60.5 cm³/mol. The summed E-state index contributed by atoms with van der Waals surface area (Å²) in [4.78, 5) is 10.8. The molecule has 0 radical (unpaired) electrons. The van der Waals surface area contributed by atoms with Gasteiger partial charge in [-0.2, -0.15) is 0 Å². The maximum Gasteiger partial charge on any atom is 0.335 e. The lowest BCUT2D eigenvalue weighted by atomic mass is 10.0. The fourth-order valence-electron chi connectivity index (χ4n) is 1.56. The predicted octanol–water partition coefficient (Wildman–Crippen LogP) is 2.90. The Labute approximate surface area is 96.8 Å². The average molecular weight is 232 g/mol. The number of aromatic carboxylic acids is 1. The molecule has 3 nitrogen and oxygen atoms in total. The van der Waals surface area contributed by atoms with Crippen molar-refractivity contribution in [3.05, 3.63) is 53.8 Å². The molecule has 4 heteroatoms. The Kier molecular flexibility index (Phi) is 2.78. The van der Waals surface area contributed by atoms with Crippen molar-refractivity contribution < 1.29 is 19.4 Å². The molecule has 0 spiro atoms. The third-order valence-corrected chi connectivity index (χ3v) is 2.41. The number of benzene rings is 2. The monoisotopic (exact) mass is 232 g/mol. The van der Waals surface area contributed by atoms with Gasteiger partial charge in [-0.05, 0) is 24.3 Å². The van der Waals surface area contributed by atoms with Crippen molar-refractivity contribution in [3.63, 3.8) is 0 Å². The van der Waals surface area contributed by atoms with Gasteiger partial charge in [-0.3, -0.25) is 0 Å². The van der Waals surface area contributed by atoms with Gasteiger partial charge in [0.1, 0.15) is 11.6 Å². The van der Waals surface area contributed by atoms with Crippen LogP contribution in [-0.4, -0.2) is 16.2 Å². The number of rotatable bonds is 2. The molecule has 0 bridgehead atoms. The molecular formula is C13H9FO3. The minimum absolute atomic E-state index is 0.000975. The van der Waals surface area contributed by atoms with E-state index in [0.717, 1.165) is 0 Å². The second-order valence-corrected chi connectivity index (χ2v) is 3.52. The number of carboxylic acids is 1. The highest BCUT2D eigenvalue weighted by atomic mass is 19.1. The molecule has 0 aliphatic heterocycles. The zero-order valence-electron chi connectivity index (χ0n) is 8.72. The maximum atomic E-state index is 13.5. The lowest BCUT2D eigenvalue weighted by Crippen LogP contribution is -1.96. The molecule has 0 unspecified atom stereocenters. The fourth-order valence-corrected chi connectivity index (χ4v) is 1.56. The van der Waals surface area contributed by atoms with E-state index in [1.165, 1.54) is 36.4 Å². The molecule has 86 valence electrons. The van der Waals surface area contributed by atoms with E-state index in [1.807, 2.05) is 0 Å². The summed E-state index contributed by atoms with van der Waals surface area (Å²) in [5.74, 6) is -1.78. The standard InChI is InChI=1S/C13H9FO3/c14-11-4-2-1-3-9(11)10-7-8(13(16)17)5-6-12(10)15/h1-7,15H,(H,16,17). The van der Waals surface area contributed by atoms with Crippen molar-refractivity contribution >= 4 is 5.97 Å². The van der Waals surface area contributed by atoms with Gasteiger partial charge in [0.2, 0.25) is 0 Å². The number of hydrogen-bond acceptors (Lipinski definition) is 2. The maximum absolute atomic E-state index is 13.5. The lowest BCUT2D eigenvalue weighted by molar-refractivity contribution is 0.0697. The highest BCUT2D eigenvalue weighted by molar-refractivity contribution is 5.90. The minimum Gasteiger partial charge on any atom is -0.507 e. The Morgan fingerprint density at radius 1 is 1.06 bits per heavy atom. The van der Waals surface area contributed by atoms with Crippen LogP contribution in [0.2, 0.25) is 0 Å². The molecule has 0 amide bonds. The average Bonchev–Trinajstić information content (AvgIpc) is 2.30. The molecule has 2 rings (SSSR count). The minimum atomic E-state index is -1.12. The number of carbonyl (C=O) groups is 1. The summed E-state index contributed by atoms with van der Waals surface area (Å²) < 4.78 is 13.5. The van der Waals surface area contributed by atoms with E-state index >= 15 is 0 Å². The van der Waals surface area contributed by atoms with Crippen LogP contribution in [0, 0.1) is 5.82 Å². The molecule has 0 aliphatic carbocycles. The van der Waals surface area contributed by atoms with E-state index < -0.39 is 11.8 Å². The molecule has 0 fully saturated rings. The van der Waals surface area contributed by atoms with Crippen LogP contribution in [0.3, 0.4) is 0 Å². The van der Waals surface area contributed by atoms with Gasteiger partial charge < -0.3 is 10.2 Å². The van der Waals surface area contributed by atoms with Crippen molar-refractivity contribution in [1.82, 2.24) is 0 Å². The summed E-state index contributed by atoms with van der Waals surface area (Å²) in [6.45, 7) is 0. The third kappa shape index (κ3) is 2.10. The van der Waals surface area contributed by atoms with Crippen LogP contribution in [0.1, 0.15) is 10.4 Å². The van der Waals surface area contributed by atoms with Crippen LogP contribution in [0.4, 0.5) is 4.39 Å². The highest BCUT2D eigenvalue weighted by Crippen LogP contribution is 2.31. The van der Waals surface area contributed by atoms with Crippen molar-refractivity contribution in [3.8, 4) is 16.9 Å². The summed E-state index contributed by atoms with van der Waals surface area (Å²) in [6.07, 6.45) is 0. The molecule has 2 aromatic rings. The number of carboxylic acid groups (broad SMARTS) is 1. The smallest absolute Gasteiger partial charge is 0.335 e.